The summed E-state index contributed by atoms with van der Waals surface area (Å²) in [5.74, 6) is 0.0757. The first-order valence-electron chi connectivity index (χ1n) is 4.61. The minimum Gasteiger partial charge on any atom is -0.271 e. The molecule has 78 valence electrons. The zero-order chi connectivity index (χ0) is 10.1. The molecule has 14 heavy (non-hydrogen) atoms. The van der Waals surface area contributed by atoms with Crippen LogP contribution < -0.4 is 0 Å². The molecule has 0 N–H and O–H groups in total. The molecule has 2 rings (SSSR count). The summed E-state index contributed by atoms with van der Waals surface area (Å²) in [5, 5.41) is 4.05. The van der Waals surface area contributed by atoms with Crippen LogP contribution in [0, 0.1) is 5.92 Å². The molecule has 0 saturated heterocycles. The predicted octanol–water partition coefficient (Wildman–Crippen LogP) is 2.73. The average Bonchev–Trinajstić information content (AvgIpc) is 2.62. The van der Waals surface area contributed by atoms with Gasteiger partial charge in [0.1, 0.15) is 12.3 Å². The maximum atomic E-state index is 12.9. The molecule has 1 aromatic rings. The zero-order valence-corrected chi connectivity index (χ0v) is 9.12. The topological polar surface area (TPSA) is 17.8 Å². The predicted molar refractivity (Wildman–Crippen MR) is 52.4 cm³/mol. The van der Waals surface area contributed by atoms with Crippen molar-refractivity contribution in [3.05, 3.63) is 16.9 Å². The first kappa shape index (κ1) is 10.1. The van der Waals surface area contributed by atoms with Crippen molar-refractivity contribution in [2.24, 2.45) is 5.92 Å². The fraction of sp³-hybridized carbons (Fsp3) is 0.667. The second-order valence-corrected chi connectivity index (χ2v) is 4.67. The molecule has 0 amide bonds. The Hall–Kier alpha value is -0.450. The smallest absolute Gasteiger partial charge is 0.131 e. The molecule has 0 aromatic carbocycles. The minimum absolute atomic E-state index is 0.0757. The Labute approximate surface area is 89.4 Å². The van der Waals surface area contributed by atoms with Crippen LogP contribution in [0.3, 0.4) is 0 Å². The van der Waals surface area contributed by atoms with Crippen molar-refractivity contribution in [3.63, 3.8) is 0 Å². The highest BCUT2D eigenvalue weighted by Gasteiger charge is 2.34. The van der Waals surface area contributed by atoms with E-state index in [-0.39, 0.29) is 5.92 Å². The van der Waals surface area contributed by atoms with Crippen LogP contribution in [0.2, 0.25) is 0 Å². The van der Waals surface area contributed by atoms with Crippen molar-refractivity contribution in [2.75, 3.05) is 0 Å². The van der Waals surface area contributed by atoms with Gasteiger partial charge in [-0.05, 0) is 34.7 Å². The Balaban J connectivity index is 1.93. The second-order valence-electron chi connectivity index (χ2n) is 3.75. The molecule has 2 nitrogen and oxygen atoms in total. The average molecular weight is 265 g/mol. The van der Waals surface area contributed by atoms with E-state index in [2.05, 4.69) is 21.0 Å². The van der Waals surface area contributed by atoms with Gasteiger partial charge in [-0.2, -0.15) is 5.10 Å². The van der Waals surface area contributed by atoms with Crippen molar-refractivity contribution in [3.8, 4) is 0 Å². The van der Waals surface area contributed by atoms with Crippen LogP contribution in [0.4, 0.5) is 8.78 Å². The summed E-state index contributed by atoms with van der Waals surface area (Å²) in [6.07, 6.45) is 1.57. The summed E-state index contributed by atoms with van der Waals surface area (Å²) in [5.41, 5.74) is 0. The Morgan fingerprint density at radius 1 is 1.43 bits per heavy atom. The van der Waals surface area contributed by atoms with Crippen molar-refractivity contribution in [1.82, 2.24) is 9.78 Å². The summed E-state index contributed by atoms with van der Waals surface area (Å²) >= 11 is 3.27. The highest BCUT2D eigenvalue weighted by Crippen LogP contribution is 2.31. The number of aromatic nitrogens is 2. The van der Waals surface area contributed by atoms with Gasteiger partial charge in [0.2, 0.25) is 0 Å². The maximum absolute atomic E-state index is 12.9. The molecular formula is C9H11BrF2N2. The SMILES string of the molecule is FC1CC(Cn2cc(Br)cn2)C[C@H]1F. The lowest BCUT2D eigenvalue weighted by Gasteiger charge is -2.07. The molecule has 1 fully saturated rings. The van der Waals surface area contributed by atoms with E-state index in [1.807, 2.05) is 6.20 Å². The highest BCUT2D eigenvalue weighted by molar-refractivity contribution is 9.10. The third-order valence-corrected chi connectivity index (χ3v) is 2.97. The minimum atomic E-state index is -1.28. The molecule has 0 spiro atoms. The van der Waals surface area contributed by atoms with E-state index in [1.165, 1.54) is 0 Å². The molecule has 1 saturated carbocycles. The van der Waals surface area contributed by atoms with Crippen LogP contribution in [0.5, 0.6) is 0 Å². The van der Waals surface area contributed by atoms with E-state index >= 15 is 0 Å². The fourth-order valence-electron chi connectivity index (χ4n) is 1.88. The molecule has 5 heteroatoms. The van der Waals surface area contributed by atoms with E-state index in [0.717, 1.165) is 4.47 Å². The Bertz CT molecular complexity index is 306. The summed E-state index contributed by atoms with van der Waals surface area (Å²) < 4.78 is 28.3. The monoisotopic (exact) mass is 264 g/mol. The quantitative estimate of drug-likeness (QED) is 0.803. The van der Waals surface area contributed by atoms with Gasteiger partial charge in [-0.15, -0.1) is 0 Å². The lowest BCUT2D eigenvalue weighted by molar-refractivity contribution is 0.199. The summed E-state index contributed by atoms with van der Waals surface area (Å²) in [4.78, 5) is 0. The number of hydrogen-bond acceptors (Lipinski definition) is 1. The standard InChI is InChI=1S/C9H11BrF2N2/c10-7-3-13-14(5-7)4-6-1-8(11)9(12)2-6/h3,5-6,8-9H,1-2,4H2/t6?,8-,9?/m1/s1. The number of halogens is 3. The van der Waals surface area contributed by atoms with Crippen molar-refractivity contribution >= 4 is 15.9 Å². The van der Waals surface area contributed by atoms with Crippen molar-refractivity contribution in [2.45, 2.75) is 31.7 Å². The molecule has 1 aromatic heterocycles. The molecule has 2 unspecified atom stereocenters. The van der Waals surface area contributed by atoms with Crippen molar-refractivity contribution < 1.29 is 8.78 Å². The number of nitrogens with zero attached hydrogens (tertiary/aromatic N) is 2. The van der Waals surface area contributed by atoms with Crippen molar-refractivity contribution in [1.29, 1.82) is 0 Å². The third-order valence-electron chi connectivity index (χ3n) is 2.56. The van der Waals surface area contributed by atoms with Gasteiger partial charge in [-0.1, -0.05) is 0 Å². The Kier molecular flexibility index (Phi) is 2.85. The summed E-state index contributed by atoms with van der Waals surface area (Å²) in [6.45, 7) is 0.604. The maximum Gasteiger partial charge on any atom is 0.131 e. The lowest BCUT2D eigenvalue weighted by Crippen LogP contribution is -2.08. The number of alkyl halides is 2. The van der Waals surface area contributed by atoms with Crippen LogP contribution in [0.15, 0.2) is 16.9 Å². The zero-order valence-electron chi connectivity index (χ0n) is 7.54. The van der Waals surface area contributed by atoms with E-state index in [0.29, 0.717) is 19.4 Å². The molecule has 1 aliphatic carbocycles. The van der Waals surface area contributed by atoms with Crippen LogP contribution >= 0.6 is 15.9 Å². The van der Waals surface area contributed by atoms with E-state index in [9.17, 15) is 8.78 Å². The molecular weight excluding hydrogens is 254 g/mol. The first-order valence-corrected chi connectivity index (χ1v) is 5.40. The Morgan fingerprint density at radius 3 is 2.57 bits per heavy atom. The van der Waals surface area contributed by atoms with Gasteiger partial charge in [-0.25, -0.2) is 8.78 Å². The molecule has 0 radical (unpaired) electrons. The van der Waals surface area contributed by atoms with E-state index < -0.39 is 12.3 Å². The number of rotatable bonds is 2. The first-order chi connectivity index (χ1) is 6.65. The Morgan fingerprint density at radius 2 is 2.07 bits per heavy atom. The van der Waals surface area contributed by atoms with E-state index in [1.54, 1.807) is 10.9 Å². The third kappa shape index (κ3) is 2.13. The fourth-order valence-corrected chi connectivity index (χ4v) is 2.21. The summed E-state index contributed by atoms with van der Waals surface area (Å²) in [6, 6.07) is 0. The number of hydrogen-bond donors (Lipinski definition) is 0. The van der Waals surface area contributed by atoms with Gasteiger partial charge in [0.15, 0.2) is 0 Å². The van der Waals surface area contributed by atoms with Gasteiger partial charge in [-0.3, -0.25) is 4.68 Å². The van der Waals surface area contributed by atoms with E-state index in [4.69, 9.17) is 0 Å². The highest BCUT2D eigenvalue weighted by atomic mass is 79.9. The van der Waals surface area contributed by atoms with Crippen LogP contribution in [-0.2, 0) is 6.54 Å². The van der Waals surface area contributed by atoms with Gasteiger partial charge < -0.3 is 0 Å². The van der Waals surface area contributed by atoms with Crippen LogP contribution in [0.25, 0.3) is 0 Å². The molecule has 1 heterocycles. The normalized spacial score (nSPS) is 32.4. The van der Waals surface area contributed by atoms with Gasteiger partial charge in [0, 0.05) is 12.7 Å². The second kappa shape index (κ2) is 3.96. The largest absolute Gasteiger partial charge is 0.271 e. The molecule has 1 aliphatic rings. The van der Waals surface area contributed by atoms with Gasteiger partial charge in [0.25, 0.3) is 0 Å². The molecule has 0 bridgehead atoms. The summed E-state index contributed by atoms with van der Waals surface area (Å²) in [7, 11) is 0. The van der Waals surface area contributed by atoms with Crippen LogP contribution in [0.1, 0.15) is 12.8 Å². The van der Waals surface area contributed by atoms with Gasteiger partial charge in [0.05, 0.1) is 10.7 Å². The van der Waals surface area contributed by atoms with Gasteiger partial charge >= 0.3 is 0 Å². The molecule has 0 aliphatic heterocycles. The van der Waals surface area contributed by atoms with Crippen LogP contribution in [-0.4, -0.2) is 22.1 Å². The molecule has 3 atom stereocenters. The lowest BCUT2D eigenvalue weighted by atomic mass is 10.1.